The minimum atomic E-state index is -1.05. The number of carbonyl (C=O) groups excluding carboxylic acids is 1. The number of hydrogen-bond donors (Lipinski definition) is 1. The summed E-state index contributed by atoms with van der Waals surface area (Å²) >= 11 is 0. The highest BCUT2D eigenvalue weighted by Crippen LogP contribution is 1.77. The van der Waals surface area contributed by atoms with Gasteiger partial charge in [-0.1, -0.05) is 0 Å². The van der Waals surface area contributed by atoms with Crippen LogP contribution in [0.4, 0.5) is 0 Å². The van der Waals surface area contributed by atoms with E-state index in [4.69, 9.17) is 4.74 Å². The van der Waals surface area contributed by atoms with Crippen molar-refractivity contribution in [2.45, 2.75) is 6.42 Å². The second-order valence-electron chi connectivity index (χ2n) is 2.69. The fraction of sp³-hybridized carbons (Fsp3) is 0.857. The molecule has 0 aromatic rings. The first-order chi connectivity index (χ1) is 5.13. The molecule has 1 N–H and O–H groups in total. The van der Waals surface area contributed by atoms with Crippen LogP contribution in [-0.2, 0) is 9.53 Å². The average molecular weight is 161 g/mol. The molecule has 0 fully saturated rings. The SMILES string of the molecule is C[NH+](C)CCOCCC(=O)[O-]. The number of rotatable bonds is 6. The minimum absolute atomic E-state index is 0.0111. The van der Waals surface area contributed by atoms with Crippen LogP contribution in [0.3, 0.4) is 0 Å². The molecule has 0 rings (SSSR count). The van der Waals surface area contributed by atoms with Crippen LogP contribution >= 0.6 is 0 Å². The van der Waals surface area contributed by atoms with Gasteiger partial charge in [0.2, 0.25) is 0 Å². The molecule has 0 aliphatic heterocycles. The van der Waals surface area contributed by atoms with Crippen molar-refractivity contribution < 1.29 is 19.5 Å². The Morgan fingerprint density at radius 2 is 2.09 bits per heavy atom. The van der Waals surface area contributed by atoms with Gasteiger partial charge in [-0.2, -0.15) is 0 Å². The summed E-state index contributed by atoms with van der Waals surface area (Å²) in [6.07, 6.45) is -0.0111. The van der Waals surface area contributed by atoms with Crippen LogP contribution in [0.15, 0.2) is 0 Å². The Morgan fingerprint density at radius 3 is 2.55 bits per heavy atom. The maximum atomic E-state index is 9.90. The van der Waals surface area contributed by atoms with Gasteiger partial charge in [0, 0.05) is 12.4 Å². The van der Waals surface area contributed by atoms with E-state index >= 15 is 0 Å². The number of aliphatic carboxylic acids is 1. The van der Waals surface area contributed by atoms with E-state index in [2.05, 4.69) is 0 Å². The molecule has 4 heteroatoms. The Morgan fingerprint density at radius 1 is 1.45 bits per heavy atom. The third-order valence-corrected chi connectivity index (χ3v) is 1.20. The number of ether oxygens (including phenoxy) is 1. The molecule has 0 saturated heterocycles. The highest BCUT2D eigenvalue weighted by Gasteiger charge is 1.92. The molecule has 0 aromatic carbocycles. The summed E-state index contributed by atoms with van der Waals surface area (Å²) in [5.74, 6) is -1.05. The summed E-state index contributed by atoms with van der Waals surface area (Å²) in [6, 6.07) is 0. The first-order valence-corrected chi connectivity index (χ1v) is 3.69. The van der Waals surface area contributed by atoms with Gasteiger partial charge in [-0.25, -0.2) is 0 Å². The van der Waals surface area contributed by atoms with Gasteiger partial charge in [0.15, 0.2) is 0 Å². The number of hydrogen-bond acceptors (Lipinski definition) is 3. The van der Waals surface area contributed by atoms with Crippen molar-refractivity contribution in [3.05, 3.63) is 0 Å². The Kier molecular flexibility index (Phi) is 5.78. The van der Waals surface area contributed by atoms with E-state index in [-0.39, 0.29) is 13.0 Å². The fourth-order valence-electron chi connectivity index (χ4n) is 0.534. The van der Waals surface area contributed by atoms with Gasteiger partial charge in [0.05, 0.1) is 27.3 Å². The van der Waals surface area contributed by atoms with Gasteiger partial charge in [-0.3, -0.25) is 0 Å². The molecule has 0 aromatic heterocycles. The van der Waals surface area contributed by atoms with Crippen LogP contribution in [0.1, 0.15) is 6.42 Å². The Bertz CT molecular complexity index is 114. The van der Waals surface area contributed by atoms with E-state index in [9.17, 15) is 9.90 Å². The first kappa shape index (κ1) is 10.4. The molecule has 0 saturated carbocycles. The summed E-state index contributed by atoms with van der Waals surface area (Å²) in [5, 5.41) is 9.90. The molecule has 0 radical (unpaired) electrons. The first-order valence-electron chi connectivity index (χ1n) is 3.69. The zero-order valence-electron chi connectivity index (χ0n) is 7.05. The van der Waals surface area contributed by atoms with Crippen molar-refractivity contribution in [3.8, 4) is 0 Å². The summed E-state index contributed by atoms with van der Waals surface area (Å²) in [6.45, 7) is 1.76. The van der Waals surface area contributed by atoms with Crippen LogP contribution in [0.5, 0.6) is 0 Å². The lowest BCUT2D eigenvalue weighted by Gasteiger charge is -2.07. The molecule has 0 spiro atoms. The summed E-state index contributed by atoms with van der Waals surface area (Å²) < 4.78 is 5.01. The van der Waals surface area contributed by atoms with Gasteiger partial charge in [0.25, 0.3) is 0 Å². The van der Waals surface area contributed by atoms with Crippen LogP contribution in [0.2, 0.25) is 0 Å². The maximum Gasteiger partial charge on any atom is 0.100 e. The number of likely N-dealkylation sites (N-methyl/N-ethyl adjacent to an activating group) is 1. The second-order valence-corrected chi connectivity index (χ2v) is 2.69. The van der Waals surface area contributed by atoms with Crippen molar-refractivity contribution in [1.82, 2.24) is 0 Å². The van der Waals surface area contributed by atoms with Gasteiger partial charge < -0.3 is 19.5 Å². The largest absolute Gasteiger partial charge is 0.550 e. The van der Waals surface area contributed by atoms with Crippen molar-refractivity contribution in [3.63, 3.8) is 0 Å². The smallest absolute Gasteiger partial charge is 0.100 e. The molecule has 66 valence electrons. The van der Waals surface area contributed by atoms with Crippen LogP contribution in [-0.4, -0.2) is 39.8 Å². The Labute approximate surface area is 66.8 Å². The number of quaternary nitrogens is 1. The third-order valence-electron chi connectivity index (χ3n) is 1.20. The topological polar surface area (TPSA) is 53.8 Å². The van der Waals surface area contributed by atoms with Crippen LogP contribution in [0, 0.1) is 0 Å². The fourth-order valence-corrected chi connectivity index (χ4v) is 0.534. The number of carbonyl (C=O) groups is 1. The molecule has 4 nitrogen and oxygen atoms in total. The normalized spacial score (nSPS) is 10.5. The second kappa shape index (κ2) is 6.12. The number of nitrogens with one attached hydrogen (secondary N) is 1. The highest BCUT2D eigenvalue weighted by atomic mass is 16.5. The van der Waals surface area contributed by atoms with Gasteiger partial charge in [0.1, 0.15) is 6.54 Å². The lowest BCUT2D eigenvalue weighted by Crippen LogP contribution is -3.06. The molecule has 0 unspecified atom stereocenters. The van der Waals surface area contributed by atoms with E-state index in [1.165, 1.54) is 4.90 Å². The van der Waals surface area contributed by atoms with E-state index in [1.54, 1.807) is 0 Å². The molecule has 0 heterocycles. The predicted octanol–water partition coefficient (Wildman–Crippen LogP) is -2.71. The van der Waals surface area contributed by atoms with Crippen molar-refractivity contribution in [2.24, 2.45) is 0 Å². The van der Waals surface area contributed by atoms with Crippen molar-refractivity contribution >= 4 is 5.97 Å². The molecule has 0 aliphatic rings. The zero-order valence-corrected chi connectivity index (χ0v) is 7.05. The number of carboxylic acids is 1. The lowest BCUT2D eigenvalue weighted by molar-refractivity contribution is -0.858. The maximum absolute atomic E-state index is 9.90. The Balaban J connectivity index is 2.97. The van der Waals surface area contributed by atoms with E-state index < -0.39 is 5.97 Å². The quantitative estimate of drug-likeness (QED) is 0.431. The molecule has 0 aliphatic carbocycles. The van der Waals surface area contributed by atoms with Crippen LogP contribution in [0.25, 0.3) is 0 Å². The zero-order chi connectivity index (χ0) is 8.69. The van der Waals surface area contributed by atoms with Crippen LogP contribution < -0.4 is 10.0 Å². The summed E-state index contributed by atoms with van der Waals surface area (Å²) in [4.78, 5) is 11.2. The minimum Gasteiger partial charge on any atom is -0.550 e. The van der Waals surface area contributed by atoms with E-state index in [1.807, 2.05) is 14.1 Å². The molecule has 11 heavy (non-hydrogen) atoms. The standard InChI is InChI=1S/C7H15NO3/c1-8(2)4-6-11-5-3-7(9)10/h3-6H2,1-2H3,(H,9,10). The molecule has 0 amide bonds. The molecular weight excluding hydrogens is 146 g/mol. The van der Waals surface area contributed by atoms with Gasteiger partial charge >= 0.3 is 0 Å². The van der Waals surface area contributed by atoms with Crippen molar-refractivity contribution in [1.29, 1.82) is 0 Å². The highest BCUT2D eigenvalue weighted by molar-refractivity contribution is 5.64. The van der Waals surface area contributed by atoms with Crippen molar-refractivity contribution in [2.75, 3.05) is 33.9 Å². The van der Waals surface area contributed by atoms with Gasteiger partial charge in [-0.05, 0) is 0 Å². The number of carboxylic acid groups (broad SMARTS) is 1. The van der Waals surface area contributed by atoms with E-state index in [0.29, 0.717) is 6.61 Å². The monoisotopic (exact) mass is 161 g/mol. The summed E-state index contributed by atoms with van der Waals surface area (Å²) in [5.41, 5.74) is 0. The predicted molar refractivity (Wildman–Crippen MR) is 38.1 cm³/mol. The lowest BCUT2D eigenvalue weighted by atomic mass is 10.5. The Hall–Kier alpha value is -0.610. The molecular formula is C7H15NO3. The molecule has 0 atom stereocenters. The molecule has 0 bridgehead atoms. The van der Waals surface area contributed by atoms with E-state index in [0.717, 1.165) is 6.54 Å². The van der Waals surface area contributed by atoms with Gasteiger partial charge in [-0.15, -0.1) is 0 Å². The third kappa shape index (κ3) is 9.39. The average Bonchev–Trinajstić information content (AvgIpc) is 1.85. The summed E-state index contributed by atoms with van der Waals surface area (Å²) in [7, 11) is 4.03.